The van der Waals surface area contributed by atoms with Crippen LogP contribution in [0.15, 0.2) is 6.07 Å². The van der Waals surface area contributed by atoms with E-state index in [2.05, 4.69) is 4.98 Å². The lowest BCUT2D eigenvalue weighted by Gasteiger charge is -2.02. The Morgan fingerprint density at radius 1 is 1.46 bits per heavy atom. The Morgan fingerprint density at radius 3 is 2.46 bits per heavy atom. The number of aromatic nitrogens is 1. The molecular weight excluding hydrogens is 221 g/mol. The molecule has 0 bridgehead atoms. The van der Waals surface area contributed by atoms with Gasteiger partial charge in [0.1, 0.15) is 22.5 Å². The van der Waals surface area contributed by atoms with Crippen molar-refractivity contribution in [3.8, 4) is 6.07 Å². The van der Waals surface area contributed by atoms with Crippen molar-refractivity contribution >= 4 is 23.2 Å². The van der Waals surface area contributed by atoms with Gasteiger partial charge in [0.25, 0.3) is 6.43 Å². The van der Waals surface area contributed by atoms with E-state index >= 15 is 0 Å². The summed E-state index contributed by atoms with van der Waals surface area (Å²) < 4.78 is 24.2. The predicted molar refractivity (Wildman–Crippen MR) is 43.9 cm³/mol. The fourth-order valence-electron chi connectivity index (χ4n) is 0.713. The quantitative estimate of drug-likeness (QED) is 0.685. The third-order valence-electron chi connectivity index (χ3n) is 1.28. The van der Waals surface area contributed by atoms with E-state index in [0.29, 0.717) is 0 Å². The van der Waals surface area contributed by atoms with E-state index in [-0.39, 0.29) is 15.7 Å². The fourth-order valence-corrected chi connectivity index (χ4v) is 1.25. The number of alkyl halides is 2. The van der Waals surface area contributed by atoms with Gasteiger partial charge in [-0.25, -0.2) is 13.8 Å². The second kappa shape index (κ2) is 3.86. The van der Waals surface area contributed by atoms with Crippen LogP contribution in [-0.2, 0) is 0 Å². The van der Waals surface area contributed by atoms with Crippen LogP contribution in [0.25, 0.3) is 0 Å². The summed E-state index contributed by atoms with van der Waals surface area (Å²) in [6.07, 6.45) is -2.75. The summed E-state index contributed by atoms with van der Waals surface area (Å²) in [5, 5.41) is 8.07. The van der Waals surface area contributed by atoms with E-state index in [0.717, 1.165) is 6.07 Å². The molecule has 0 saturated heterocycles. The first kappa shape index (κ1) is 10.2. The largest absolute Gasteiger partial charge is 0.280 e. The number of nitriles is 1. The molecule has 0 amide bonds. The highest BCUT2D eigenvalue weighted by Crippen LogP contribution is 2.27. The molecule has 0 fully saturated rings. The Balaban J connectivity index is 3.30. The van der Waals surface area contributed by atoms with Gasteiger partial charge in [0.2, 0.25) is 0 Å². The summed E-state index contributed by atoms with van der Waals surface area (Å²) in [6.45, 7) is 0. The van der Waals surface area contributed by atoms with Crippen LogP contribution < -0.4 is 0 Å². The van der Waals surface area contributed by atoms with Crippen molar-refractivity contribution in [2.24, 2.45) is 0 Å². The second-order valence-corrected chi connectivity index (χ2v) is 2.87. The first-order chi connectivity index (χ1) is 6.06. The van der Waals surface area contributed by atoms with Crippen molar-refractivity contribution in [2.75, 3.05) is 0 Å². The summed E-state index contributed by atoms with van der Waals surface area (Å²) in [4.78, 5) is 3.31. The highest BCUT2D eigenvalue weighted by atomic mass is 35.5. The molecule has 0 aliphatic rings. The molecule has 0 N–H and O–H groups in total. The van der Waals surface area contributed by atoms with Crippen LogP contribution in [0.2, 0.25) is 10.2 Å². The van der Waals surface area contributed by atoms with Gasteiger partial charge in [-0.3, -0.25) is 0 Å². The molecular formula is C7H2Cl2F2N2. The van der Waals surface area contributed by atoms with Crippen molar-refractivity contribution in [2.45, 2.75) is 6.43 Å². The molecule has 2 nitrogen and oxygen atoms in total. The zero-order chi connectivity index (χ0) is 10.0. The summed E-state index contributed by atoms with van der Waals surface area (Å²) in [5.41, 5.74) is -0.623. The Hall–Kier alpha value is -0.920. The van der Waals surface area contributed by atoms with E-state index in [1.165, 1.54) is 0 Å². The average Bonchev–Trinajstić information content (AvgIpc) is 2.03. The topological polar surface area (TPSA) is 36.7 Å². The molecule has 0 radical (unpaired) electrons. The number of hydrogen-bond donors (Lipinski definition) is 0. The van der Waals surface area contributed by atoms with Gasteiger partial charge in [0.05, 0.1) is 5.02 Å². The standard InChI is InChI=1S/C7H2Cl2F2N2/c8-4-1-5(7(10)11)13-6(9)3(4)2-12/h1,7H. The fraction of sp³-hybridized carbons (Fsp3) is 0.143. The van der Waals surface area contributed by atoms with Gasteiger partial charge in [0, 0.05) is 0 Å². The predicted octanol–water partition coefficient (Wildman–Crippen LogP) is 3.20. The maximum absolute atomic E-state index is 12.1. The number of rotatable bonds is 1. The van der Waals surface area contributed by atoms with Crippen LogP contribution in [0, 0.1) is 11.3 Å². The Kier molecular flexibility index (Phi) is 3.02. The molecule has 1 heterocycles. The van der Waals surface area contributed by atoms with E-state index < -0.39 is 12.1 Å². The van der Waals surface area contributed by atoms with Crippen LogP contribution in [0.4, 0.5) is 8.78 Å². The number of pyridine rings is 1. The Bertz CT molecular complexity index is 350. The molecule has 1 aromatic heterocycles. The first-order valence-electron chi connectivity index (χ1n) is 3.10. The molecule has 0 aliphatic carbocycles. The lowest BCUT2D eigenvalue weighted by molar-refractivity contribution is 0.146. The van der Waals surface area contributed by atoms with Gasteiger partial charge in [-0.1, -0.05) is 23.2 Å². The summed E-state index contributed by atoms with van der Waals surface area (Å²) in [5.74, 6) is 0. The number of hydrogen-bond acceptors (Lipinski definition) is 2. The van der Waals surface area contributed by atoms with Crippen LogP contribution >= 0.6 is 23.2 Å². The van der Waals surface area contributed by atoms with Gasteiger partial charge in [-0.05, 0) is 6.07 Å². The van der Waals surface area contributed by atoms with E-state index in [1.54, 1.807) is 6.07 Å². The van der Waals surface area contributed by atoms with Crippen LogP contribution in [0.5, 0.6) is 0 Å². The van der Waals surface area contributed by atoms with Crippen molar-refractivity contribution in [3.63, 3.8) is 0 Å². The first-order valence-corrected chi connectivity index (χ1v) is 3.86. The van der Waals surface area contributed by atoms with E-state index in [4.69, 9.17) is 28.5 Å². The molecule has 1 aromatic rings. The van der Waals surface area contributed by atoms with Crippen LogP contribution in [0.1, 0.15) is 17.7 Å². The number of halogens is 4. The molecule has 68 valence electrons. The normalized spacial score (nSPS) is 10.2. The molecule has 0 saturated carbocycles. The molecule has 0 aliphatic heterocycles. The third kappa shape index (κ3) is 2.06. The zero-order valence-corrected chi connectivity index (χ0v) is 7.57. The lowest BCUT2D eigenvalue weighted by atomic mass is 10.2. The van der Waals surface area contributed by atoms with Crippen molar-refractivity contribution in [3.05, 3.63) is 27.5 Å². The monoisotopic (exact) mass is 222 g/mol. The third-order valence-corrected chi connectivity index (χ3v) is 1.85. The van der Waals surface area contributed by atoms with Crippen molar-refractivity contribution in [1.82, 2.24) is 4.98 Å². The number of nitrogens with zero attached hydrogens (tertiary/aromatic N) is 2. The van der Waals surface area contributed by atoms with Gasteiger partial charge in [-0.15, -0.1) is 0 Å². The molecule has 1 rings (SSSR count). The SMILES string of the molecule is N#Cc1c(Cl)cc(C(F)F)nc1Cl. The smallest absolute Gasteiger partial charge is 0.234 e. The molecule has 6 heteroatoms. The molecule has 13 heavy (non-hydrogen) atoms. The average molecular weight is 223 g/mol. The minimum atomic E-state index is -2.75. The van der Waals surface area contributed by atoms with E-state index in [9.17, 15) is 8.78 Å². The van der Waals surface area contributed by atoms with Gasteiger partial charge in [0.15, 0.2) is 0 Å². The maximum Gasteiger partial charge on any atom is 0.280 e. The molecule has 0 unspecified atom stereocenters. The Morgan fingerprint density at radius 2 is 2.08 bits per heavy atom. The van der Waals surface area contributed by atoms with Gasteiger partial charge >= 0.3 is 0 Å². The maximum atomic E-state index is 12.1. The Labute approximate surface area is 82.7 Å². The minimum absolute atomic E-state index is 0.0901. The minimum Gasteiger partial charge on any atom is -0.234 e. The van der Waals surface area contributed by atoms with Crippen LogP contribution in [-0.4, -0.2) is 4.98 Å². The lowest BCUT2D eigenvalue weighted by Crippen LogP contribution is -1.93. The summed E-state index contributed by atoms with van der Waals surface area (Å²) in [7, 11) is 0. The highest BCUT2D eigenvalue weighted by molar-refractivity contribution is 6.35. The van der Waals surface area contributed by atoms with E-state index in [1.807, 2.05) is 0 Å². The zero-order valence-electron chi connectivity index (χ0n) is 6.06. The molecule has 0 atom stereocenters. The van der Waals surface area contributed by atoms with Crippen molar-refractivity contribution in [1.29, 1.82) is 5.26 Å². The summed E-state index contributed by atoms with van der Waals surface area (Å²) >= 11 is 10.9. The summed E-state index contributed by atoms with van der Waals surface area (Å²) in [6, 6.07) is 2.59. The second-order valence-electron chi connectivity index (χ2n) is 2.11. The van der Waals surface area contributed by atoms with Gasteiger partial charge in [-0.2, -0.15) is 5.26 Å². The van der Waals surface area contributed by atoms with Crippen LogP contribution in [0.3, 0.4) is 0 Å². The van der Waals surface area contributed by atoms with Gasteiger partial charge < -0.3 is 0 Å². The highest BCUT2D eigenvalue weighted by Gasteiger charge is 2.15. The van der Waals surface area contributed by atoms with Crippen molar-refractivity contribution < 1.29 is 8.78 Å². The molecule has 0 aromatic carbocycles. The molecule has 0 spiro atoms.